The number of halogens is 1. The third-order valence-electron chi connectivity index (χ3n) is 3.84. The van der Waals surface area contributed by atoms with Gasteiger partial charge in [0.1, 0.15) is 5.75 Å². The Morgan fingerprint density at radius 2 is 2.15 bits per heavy atom. The SMILES string of the molecule is Cc1cc(OCCCC(=O)Nc2ccc3c(c2)NC(=O)CS3)ccc1Cl. The molecule has 5 nitrogen and oxygen atoms in total. The van der Waals surface area contributed by atoms with Crippen LogP contribution in [0.2, 0.25) is 5.02 Å². The van der Waals surface area contributed by atoms with E-state index < -0.39 is 0 Å². The zero-order chi connectivity index (χ0) is 18.5. The van der Waals surface area contributed by atoms with Crippen LogP contribution in [0.15, 0.2) is 41.3 Å². The van der Waals surface area contributed by atoms with E-state index in [9.17, 15) is 9.59 Å². The Bertz CT molecular complexity index is 842. The number of hydrogen-bond donors (Lipinski definition) is 2. The second kappa shape index (κ2) is 8.47. The second-order valence-corrected chi connectivity index (χ2v) is 7.38. The highest BCUT2D eigenvalue weighted by atomic mass is 35.5. The van der Waals surface area contributed by atoms with Gasteiger partial charge in [-0.05, 0) is 55.3 Å². The Kier molecular flexibility index (Phi) is 6.06. The summed E-state index contributed by atoms with van der Waals surface area (Å²) in [6.07, 6.45) is 0.954. The molecule has 2 aromatic carbocycles. The van der Waals surface area contributed by atoms with E-state index in [4.69, 9.17) is 16.3 Å². The van der Waals surface area contributed by atoms with Gasteiger partial charge in [-0.2, -0.15) is 0 Å². The number of anilines is 2. The maximum Gasteiger partial charge on any atom is 0.234 e. The molecule has 0 saturated carbocycles. The van der Waals surface area contributed by atoms with Crippen LogP contribution in [0, 0.1) is 6.92 Å². The highest BCUT2D eigenvalue weighted by Gasteiger charge is 2.15. The molecule has 1 heterocycles. The van der Waals surface area contributed by atoms with Gasteiger partial charge in [0.2, 0.25) is 11.8 Å². The van der Waals surface area contributed by atoms with Crippen molar-refractivity contribution < 1.29 is 14.3 Å². The molecule has 3 rings (SSSR count). The number of carbonyl (C=O) groups is 2. The molecule has 0 bridgehead atoms. The fraction of sp³-hybridized carbons (Fsp3) is 0.263. The molecule has 0 fully saturated rings. The Labute approximate surface area is 161 Å². The van der Waals surface area contributed by atoms with E-state index in [1.807, 2.05) is 31.2 Å². The lowest BCUT2D eigenvalue weighted by atomic mass is 10.2. The van der Waals surface area contributed by atoms with Crippen molar-refractivity contribution in [2.24, 2.45) is 0 Å². The van der Waals surface area contributed by atoms with Crippen molar-refractivity contribution in [3.63, 3.8) is 0 Å². The smallest absolute Gasteiger partial charge is 0.234 e. The number of rotatable bonds is 6. The first-order valence-electron chi connectivity index (χ1n) is 8.27. The average molecular weight is 391 g/mol. The van der Waals surface area contributed by atoms with Gasteiger partial charge in [0.15, 0.2) is 0 Å². The van der Waals surface area contributed by atoms with Gasteiger partial charge in [-0.25, -0.2) is 0 Å². The lowest BCUT2D eigenvalue weighted by Gasteiger charge is -2.17. The minimum Gasteiger partial charge on any atom is -0.494 e. The van der Waals surface area contributed by atoms with Crippen molar-refractivity contribution in [1.82, 2.24) is 0 Å². The van der Waals surface area contributed by atoms with E-state index >= 15 is 0 Å². The highest BCUT2D eigenvalue weighted by molar-refractivity contribution is 8.00. The third kappa shape index (κ3) is 4.93. The van der Waals surface area contributed by atoms with E-state index in [1.54, 1.807) is 12.1 Å². The summed E-state index contributed by atoms with van der Waals surface area (Å²) in [5.41, 5.74) is 2.37. The molecule has 0 radical (unpaired) electrons. The van der Waals surface area contributed by atoms with Crippen molar-refractivity contribution in [1.29, 1.82) is 0 Å². The second-order valence-electron chi connectivity index (χ2n) is 5.96. The summed E-state index contributed by atoms with van der Waals surface area (Å²) in [5, 5.41) is 6.37. The van der Waals surface area contributed by atoms with Gasteiger partial charge in [-0.15, -0.1) is 11.8 Å². The minimum absolute atomic E-state index is 0.0273. The molecule has 0 unspecified atom stereocenters. The molecule has 0 atom stereocenters. The van der Waals surface area contributed by atoms with Crippen LogP contribution >= 0.6 is 23.4 Å². The summed E-state index contributed by atoms with van der Waals surface area (Å²) in [6, 6.07) is 11.0. The maximum absolute atomic E-state index is 12.1. The van der Waals surface area contributed by atoms with Crippen LogP contribution in [0.4, 0.5) is 11.4 Å². The van der Waals surface area contributed by atoms with Gasteiger partial charge >= 0.3 is 0 Å². The molecule has 26 heavy (non-hydrogen) atoms. The molecular formula is C19H19ClN2O3S. The maximum atomic E-state index is 12.1. The topological polar surface area (TPSA) is 67.4 Å². The van der Waals surface area contributed by atoms with Crippen molar-refractivity contribution in [2.45, 2.75) is 24.7 Å². The number of aryl methyl sites for hydroxylation is 1. The quantitative estimate of drug-likeness (QED) is 0.713. The molecule has 0 aromatic heterocycles. The zero-order valence-electron chi connectivity index (χ0n) is 14.3. The largest absolute Gasteiger partial charge is 0.494 e. The summed E-state index contributed by atoms with van der Waals surface area (Å²) in [4.78, 5) is 24.5. The molecule has 1 aliphatic rings. The number of fused-ring (bicyclic) bond motifs is 1. The number of nitrogens with one attached hydrogen (secondary N) is 2. The third-order valence-corrected chi connectivity index (χ3v) is 5.34. The van der Waals surface area contributed by atoms with Gasteiger partial charge < -0.3 is 15.4 Å². The summed E-state index contributed by atoms with van der Waals surface area (Å²) < 4.78 is 5.64. The van der Waals surface area contributed by atoms with Gasteiger partial charge in [-0.1, -0.05) is 11.6 Å². The normalized spacial score (nSPS) is 12.9. The van der Waals surface area contributed by atoms with Crippen molar-refractivity contribution in [3.8, 4) is 5.75 Å². The van der Waals surface area contributed by atoms with Crippen molar-refractivity contribution in [2.75, 3.05) is 23.0 Å². The molecule has 1 aliphatic heterocycles. The van der Waals surface area contributed by atoms with Crippen LogP contribution in [0.1, 0.15) is 18.4 Å². The summed E-state index contributed by atoms with van der Waals surface area (Å²) in [7, 11) is 0. The van der Waals surface area contributed by atoms with Gasteiger partial charge in [0.25, 0.3) is 0 Å². The van der Waals surface area contributed by atoms with Crippen LogP contribution in [-0.4, -0.2) is 24.2 Å². The number of hydrogen-bond acceptors (Lipinski definition) is 4. The van der Waals surface area contributed by atoms with Crippen LogP contribution in [0.25, 0.3) is 0 Å². The van der Waals surface area contributed by atoms with Gasteiger partial charge in [-0.3, -0.25) is 9.59 Å². The number of amides is 2. The predicted molar refractivity (Wildman–Crippen MR) is 105 cm³/mol. The van der Waals surface area contributed by atoms with Crippen molar-refractivity contribution >= 4 is 46.6 Å². The molecule has 2 aromatic rings. The Morgan fingerprint density at radius 1 is 1.31 bits per heavy atom. The summed E-state index contributed by atoms with van der Waals surface area (Å²) in [5.74, 6) is 1.05. The highest BCUT2D eigenvalue weighted by Crippen LogP contribution is 2.33. The molecular weight excluding hydrogens is 372 g/mol. The van der Waals surface area contributed by atoms with E-state index in [1.165, 1.54) is 11.8 Å². The molecule has 7 heteroatoms. The van der Waals surface area contributed by atoms with Crippen LogP contribution < -0.4 is 15.4 Å². The Morgan fingerprint density at radius 3 is 2.96 bits per heavy atom. The molecule has 0 aliphatic carbocycles. The number of carbonyl (C=O) groups excluding carboxylic acids is 2. The monoisotopic (exact) mass is 390 g/mol. The zero-order valence-corrected chi connectivity index (χ0v) is 15.9. The van der Waals surface area contributed by atoms with Crippen LogP contribution in [0.5, 0.6) is 5.75 Å². The predicted octanol–water partition coefficient (Wildman–Crippen LogP) is 4.49. The fourth-order valence-corrected chi connectivity index (χ4v) is 3.42. The van der Waals surface area contributed by atoms with Crippen LogP contribution in [0.3, 0.4) is 0 Å². The van der Waals surface area contributed by atoms with Crippen LogP contribution in [-0.2, 0) is 9.59 Å². The number of benzene rings is 2. The Balaban J connectivity index is 1.45. The van der Waals surface area contributed by atoms with E-state index in [-0.39, 0.29) is 11.8 Å². The van der Waals surface area contributed by atoms with E-state index in [0.717, 1.165) is 21.9 Å². The lowest BCUT2D eigenvalue weighted by molar-refractivity contribution is -0.116. The van der Waals surface area contributed by atoms with E-state index in [2.05, 4.69) is 10.6 Å². The summed E-state index contributed by atoms with van der Waals surface area (Å²) in [6.45, 7) is 2.37. The Hall–Kier alpha value is -2.18. The molecule has 0 saturated heterocycles. The number of ether oxygens (including phenoxy) is 1. The minimum atomic E-state index is -0.0874. The first kappa shape index (κ1) is 18.6. The summed E-state index contributed by atoms with van der Waals surface area (Å²) >= 11 is 7.47. The molecule has 136 valence electrons. The standard InChI is InChI=1S/C19H19ClN2O3S/c1-12-9-14(5-6-15(12)20)25-8-2-3-18(23)21-13-4-7-17-16(10-13)22-19(24)11-26-17/h4-7,9-10H,2-3,8,11H2,1H3,(H,21,23)(H,22,24). The van der Waals surface area contributed by atoms with Crippen molar-refractivity contribution in [3.05, 3.63) is 47.0 Å². The molecule has 2 N–H and O–H groups in total. The average Bonchev–Trinajstić information content (AvgIpc) is 2.61. The lowest BCUT2D eigenvalue weighted by Crippen LogP contribution is -2.19. The van der Waals surface area contributed by atoms with Gasteiger partial charge in [0, 0.05) is 22.0 Å². The fourth-order valence-electron chi connectivity index (χ4n) is 2.51. The number of thioether (sulfide) groups is 1. The first-order valence-corrected chi connectivity index (χ1v) is 9.63. The van der Waals surface area contributed by atoms with E-state index in [0.29, 0.717) is 35.9 Å². The first-order chi connectivity index (χ1) is 12.5. The molecule has 0 spiro atoms. The molecule has 2 amide bonds. The van der Waals surface area contributed by atoms with Gasteiger partial charge in [0.05, 0.1) is 18.0 Å².